The Morgan fingerprint density at radius 3 is 2.94 bits per heavy atom. The number of carboxylic acid groups (broad SMARTS) is 1. The van der Waals surface area contributed by atoms with Gasteiger partial charge < -0.3 is 20.1 Å². The zero-order valence-electron chi connectivity index (χ0n) is 9.09. The van der Waals surface area contributed by atoms with Gasteiger partial charge in [0.1, 0.15) is 17.1 Å². The molecule has 1 heterocycles. The summed E-state index contributed by atoms with van der Waals surface area (Å²) in [5.74, 6) is -3.30. The second-order valence-electron chi connectivity index (χ2n) is 3.82. The number of nitrogens with one attached hydrogen (secondary N) is 1. The second-order valence-corrected chi connectivity index (χ2v) is 3.82. The van der Waals surface area contributed by atoms with Crippen molar-refractivity contribution >= 4 is 19.5 Å². The molecule has 18 heavy (non-hydrogen) atoms. The summed E-state index contributed by atoms with van der Waals surface area (Å²) in [6.45, 7) is 0. The highest BCUT2D eigenvalue weighted by Crippen LogP contribution is 2.31. The maximum absolute atomic E-state index is 13.4. The SMILES string of the molecule is O=CN[C@H]1Cc2ccc(F)c(C(=O)O)c2OB1O. The van der Waals surface area contributed by atoms with Crippen LogP contribution in [0.5, 0.6) is 5.75 Å². The van der Waals surface area contributed by atoms with E-state index in [1.165, 1.54) is 6.07 Å². The average Bonchev–Trinajstić information content (AvgIpc) is 2.30. The first-order valence-corrected chi connectivity index (χ1v) is 5.13. The fraction of sp³-hybridized carbons (Fsp3) is 0.200. The lowest BCUT2D eigenvalue weighted by atomic mass is 9.72. The predicted octanol–water partition coefficient (Wildman–Crippen LogP) is -0.407. The molecule has 94 valence electrons. The van der Waals surface area contributed by atoms with E-state index in [4.69, 9.17) is 9.76 Å². The summed E-state index contributed by atoms with van der Waals surface area (Å²) < 4.78 is 18.4. The van der Waals surface area contributed by atoms with Gasteiger partial charge in [0.25, 0.3) is 0 Å². The number of fused-ring (bicyclic) bond motifs is 1. The van der Waals surface area contributed by atoms with Crippen LogP contribution >= 0.6 is 0 Å². The van der Waals surface area contributed by atoms with Gasteiger partial charge in [0, 0.05) is 0 Å². The van der Waals surface area contributed by atoms with Crippen molar-refractivity contribution in [1.29, 1.82) is 0 Å². The van der Waals surface area contributed by atoms with Crippen molar-refractivity contribution in [2.24, 2.45) is 0 Å². The van der Waals surface area contributed by atoms with Crippen molar-refractivity contribution in [2.75, 3.05) is 0 Å². The van der Waals surface area contributed by atoms with E-state index in [1.54, 1.807) is 0 Å². The van der Waals surface area contributed by atoms with Gasteiger partial charge in [0.15, 0.2) is 0 Å². The molecule has 0 radical (unpaired) electrons. The van der Waals surface area contributed by atoms with Crippen LogP contribution in [0.1, 0.15) is 15.9 Å². The van der Waals surface area contributed by atoms with Crippen LogP contribution in [0.15, 0.2) is 12.1 Å². The molecule has 0 fully saturated rings. The zero-order valence-corrected chi connectivity index (χ0v) is 9.09. The van der Waals surface area contributed by atoms with Crippen LogP contribution in [-0.2, 0) is 11.2 Å². The topological polar surface area (TPSA) is 95.9 Å². The van der Waals surface area contributed by atoms with Gasteiger partial charge in [-0.05, 0) is 18.1 Å². The van der Waals surface area contributed by atoms with Crippen LogP contribution in [0, 0.1) is 5.82 Å². The fourth-order valence-electron chi connectivity index (χ4n) is 1.87. The number of benzene rings is 1. The molecule has 1 amide bonds. The van der Waals surface area contributed by atoms with Crippen LogP contribution in [0.25, 0.3) is 0 Å². The van der Waals surface area contributed by atoms with E-state index in [9.17, 15) is 19.0 Å². The van der Waals surface area contributed by atoms with Gasteiger partial charge in [-0.25, -0.2) is 9.18 Å². The van der Waals surface area contributed by atoms with Gasteiger partial charge in [-0.1, -0.05) is 6.07 Å². The lowest BCUT2D eigenvalue weighted by Gasteiger charge is -2.27. The molecule has 1 aromatic rings. The third-order valence-corrected chi connectivity index (χ3v) is 2.71. The largest absolute Gasteiger partial charge is 0.547 e. The Kier molecular flexibility index (Phi) is 3.20. The molecule has 1 aliphatic heterocycles. The van der Waals surface area contributed by atoms with Crippen LogP contribution in [0.3, 0.4) is 0 Å². The Balaban J connectivity index is 2.44. The van der Waals surface area contributed by atoms with E-state index >= 15 is 0 Å². The monoisotopic (exact) mass is 253 g/mol. The summed E-state index contributed by atoms with van der Waals surface area (Å²) in [7, 11) is -1.41. The molecule has 1 aliphatic rings. The van der Waals surface area contributed by atoms with Crippen molar-refractivity contribution in [3.05, 3.63) is 29.1 Å². The molecule has 0 unspecified atom stereocenters. The summed E-state index contributed by atoms with van der Waals surface area (Å²) in [4.78, 5) is 21.3. The molecule has 3 N–H and O–H groups in total. The zero-order chi connectivity index (χ0) is 13.3. The number of hydrogen-bond acceptors (Lipinski definition) is 4. The Hall–Kier alpha value is -2.09. The van der Waals surface area contributed by atoms with Crippen molar-refractivity contribution in [2.45, 2.75) is 12.4 Å². The summed E-state index contributed by atoms with van der Waals surface area (Å²) in [5.41, 5.74) is -0.199. The van der Waals surface area contributed by atoms with E-state index in [0.717, 1.165) is 6.07 Å². The maximum Gasteiger partial charge on any atom is 0.547 e. The van der Waals surface area contributed by atoms with Gasteiger partial charge in [-0.3, -0.25) is 4.79 Å². The number of hydrogen-bond donors (Lipinski definition) is 3. The minimum absolute atomic E-state index is 0.163. The molecule has 8 heteroatoms. The van der Waals surface area contributed by atoms with E-state index in [-0.39, 0.29) is 12.2 Å². The highest BCUT2D eigenvalue weighted by Gasteiger charge is 2.37. The Morgan fingerprint density at radius 2 is 2.33 bits per heavy atom. The minimum atomic E-state index is -1.47. The highest BCUT2D eigenvalue weighted by atomic mass is 19.1. The third kappa shape index (κ3) is 2.02. The minimum Gasteiger partial charge on any atom is -0.534 e. The Labute approximate surface area is 102 Å². The molecule has 0 aliphatic carbocycles. The molecule has 1 aromatic carbocycles. The summed E-state index contributed by atoms with van der Waals surface area (Å²) >= 11 is 0. The molecule has 0 bridgehead atoms. The first-order chi connectivity index (χ1) is 8.54. The van der Waals surface area contributed by atoms with E-state index in [1.807, 2.05) is 0 Å². The smallest absolute Gasteiger partial charge is 0.534 e. The lowest BCUT2D eigenvalue weighted by molar-refractivity contribution is -0.109. The number of amides is 1. The first kappa shape index (κ1) is 12.4. The molecular formula is C10H9BFNO5. The second kappa shape index (κ2) is 4.65. The highest BCUT2D eigenvalue weighted by molar-refractivity contribution is 6.46. The number of carbonyl (C=O) groups is 2. The first-order valence-electron chi connectivity index (χ1n) is 5.13. The maximum atomic E-state index is 13.4. The van der Waals surface area contributed by atoms with Crippen molar-refractivity contribution < 1.29 is 28.8 Å². The standard InChI is InChI=1S/C10H9BFNO5/c12-6-2-1-5-3-7(13-4-14)11(17)18-9(5)8(6)10(15)16/h1-2,4,7,17H,3H2,(H,13,14)(H,15,16)/t7-/m0/s1. The van der Waals surface area contributed by atoms with Crippen LogP contribution in [0.4, 0.5) is 4.39 Å². The quantitative estimate of drug-likeness (QED) is 0.502. The van der Waals surface area contributed by atoms with Gasteiger partial charge in [0.05, 0.1) is 5.94 Å². The van der Waals surface area contributed by atoms with Gasteiger partial charge >= 0.3 is 13.1 Å². The molecule has 0 saturated heterocycles. The number of aromatic carboxylic acids is 1. The van der Waals surface area contributed by atoms with Crippen molar-refractivity contribution in [3.8, 4) is 5.75 Å². The average molecular weight is 253 g/mol. The van der Waals surface area contributed by atoms with Crippen LogP contribution < -0.4 is 9.97 Å². The molecule has 6 nitrogen and oxygen atoms in total. The lowest BCUT2D eigenvalue weighted by Crippen LogP contribution is -2.51. The van der Waals surface area contributed by atoms with Gasteiger partial charge in [-0.15, -0.1) is 0 Å². The molecule has 2 rings (SSSR count). The van der Waals surface area contributed by atoms with Crippen LogP contribution in [0.2, 0.25) is 0 Å². The Bertz CT molecular complexity index is 509. The summed E-state index contributed by atoms with van der Waals surface area (Å²) in [6.07, 6.45) is 0.569. The number of rotatable bonds is 3. The van der Waals surface area contributed by atoms with Crippen molar-refractivity contribution in [1.82, 2.24) is 5.32 Å². The third-order valence-electron chi connectivity index (χ3n) is 2.71. The molecule has 0 aromatic heterocycles. The molecule has 1 atom stereocenters. The predicted molar refractivity (Wildman–Crippen MR) is 58.7 cm³/mol. The molecular weight excluding hydrogens is 244 g/mol. The molecule has 0 spiro atoms. The summed E-state index contributed by atoms with van der Waals surface area (Å²) in [6, 6.07) is 2.38. The fourth-order valence-corrected chi connectivity index (χ4v) is 1.87. The summed E-state index contributed by atoms with van der Waals surface area (Å²) in [5, 5.41) is 20.8. The number of carbonyl (C=O) groups excluding carboxylic acids is 1. The normalized spacial score (nSPS) is 17.7. The molecule has 0 saturated carbocycles. The van der Waals surface area contributed by atoms with Gasteiger partial charge in [0.2, 0.25) is 6.41 Å². The number of carboxylic acids is 1. The van der Waals surface area contributed by atoms with Crippen LogP contribution in [-0.4, -0.2) is 35.6 Å². The van der Waals surface area contributed by atoms with E-state index in [2.05, 4.69) is 5.32 Å². The van der Waals surface area contributed by atoms with Crippen molar-refractivity contribution in [3.63, 3.8) is 0 Å². The van der Waals surface area contributed by atoms with E-state index in [0.29, 0.717) is 12.0 Å². The number of halogens is 1. The van der Waals surface area contributed by atoms with Gasteiger partial charge in [-0.2, -0.15) is 0 Å². The Morgan fingerprint density at radius 1 is 1.61 bits per heavy atom. The van der Waals surface area contributed by atoms with E-state index < -0.39 is 30.4 Å².